The summed E-state index contributed by atoms with van der Waals surface area (Å²) in [6, 6.07) is 0. The molecule has 2 saturated heterocycles. The molecule has 0 radical (unpaired) electrons. The molecule has 0 aliphatic carbocycles. The van der Waals surface area contributed by atoms with Crippen LogP contribution in [0, 0.1) is 6.92 Å². The molecule has 2 aliphatic rings. The van der Waals surface area contributed by atoms with Crippen molar-refractivity contribution in [2.75, 3.05) is 32.7 Å². The number of alkyl halides is 3. The summed E-state index contributed by atoms with van der Waals surface area (Å²) in [6.07, 6.45) is -1.33. The highest BCUT2D eigenvalue weighted by atomic mass is 32.1. The van der Waals surface area contributed by atoms with E-state index in [4.69, 9.17) is 4.74 Å². The van der Waals surface area contributed by atoms with E-state index < -0.39 is 18.3 Å². The number of hydrogen-bond donors (Lipinski definition) is 1. The molecule has 1 aromatic rings. The fourth-order valence-corrected chi connectivity index (χ4v) is 4.06. The van der Waals surface area contributed by atoms with Crippen molar-refractivity contribution in [3.8, 4) is 0 Å². The van der Waals surface area contributed by atoms with Crippen LogP contribution < -0.4 is 5.32 Å². The van der Waals surface area contributed by atoms with Crippen LogP contribution in [0.5, 0.6) is 0 Å². The molecule has 3 rings (SSSR count). The SMILES string of the molecule is Cc1cnc(C2CN(CC(F)(F)F)CC3(CCNCC3)O2)s1. The Kier molecular flexibility index (Phi) is 4.46. The number of halogens is 3. The first-order chi connectivity index (χ1) is 10.4. The van der Waals surface area contributed by atoms with Crippen LogP contribution >= 0.6 is 11.3 Å². The summed E-state index contributed by atoms with van der Waals surface area (Å²) in [4.78, 5) is 6.85. The highest BCUT2D eigenvalue weighted by Gasteiger charge is 2.45. The first-order valence-corrected chi connectivity index (χ1v) is 8.27. The Balaban J connectivity index is 1.81. The van der Waals surface area contributed by atoms with Gasteiger partial charge in [0, 0.05) is 24.2 Å². The molecule has 1 aromatic heterocycles. The van der Waals surface area contributed by atoms with E-state index in [1.165, 1.54) is 16.2 Å². The van der Waals surface area contributed by atoms with Gasteiger partial charge in [0.2, 0.25) is 0 Å². The van der Waals surface area contributed by atoms with Crippen molar-refractivity contribution in [2.45, 2.75) is 37.6 Å². The molecule has 22 heavy (non-hydrogen) atoms. The standard InChI is InChI=1S/C14H20F3N3OS/c1-10-6-19-12(22-10)11-7-20(9-14(15,16)17)8-13(21-11)2-4-18-5-3-13/h6,11,18H,2-5,7-9H2,1H3. The molecule has 0 amide bonds. The molecular weight excluding hydrogens is 315 g/mol. The van der Waals surface area contributed by atoms with Crippen LogP contribution in [0.3, 0.4) is 0 Å². The molecule has 124 valence electrons. The number of rotatable bonds is 2. The van der Waals surface area contributed by atoms with E-state index in [0.29, 0.717) is 6.54 Å². The zero-order chi connectivity index (χ0) is 15.8. The first-order valence-electron chi connectivity index (χ1n) is 7.45. The number of aromatic nitrogens is 1. The Morgan fingerprint density at radius 2 is 2.18 bits per heavy atom. The van der Waals surface area contributed by atoms with Crippen LogP contribution in [-0.2, 0) is 4.74 Å². The van der Waals surface area contributed by atoms with Gasteiger partial charge < -0.3 is 10.1 Å². The summed E-state index contributed by atoms with van der Waals surface area (Å²) in [5.41, 5.74) is -0.487. The highest BCUT2D eigenvalue weighted by Crippen LogP contribution is 2.38. The highest BCUT2D eigenvalue weighted by molar-refractivity contribution is 7.11. The number of nitrogens with zero attached hydrogens (tertiary/aromatic N) is 2. The van der Waals surface area contributed by atoms with Gasteiger partial charge in [0.25, 0.3) is 0 Å². The van der Waals surface area contributed by atoms with E-state index in [2.05, 4.69) is 10.3 Å². The maximum Gasteiger partial charge on any atom is 0.401 e. The van der Waals surface area contributed by atoms with Gasteiger partial charge in [-0.2, -0.15) is 13.2 Å². The van der Waals surface area contributed by atoms with Crippen molar-refractivity contribution in [1.82, 2.24) is 15.2 Å². The number of morpholine rings is 1. The number of ether oxygens (including phenoxy) is 1. The van der Waals surface area contributed by atoms with Crippen LogP contribution in [0.2, 0.25) is 0 Å². The fraction of sp³-hybridized carbons (Fsp3) is 0.786. The van der Waals surface area contributed by atoms with Gasteiger partial charge >= 0.3 is 6.18 Å². The summed E-state index contributed by atoms with van der Waals surface area (Å²) in [6.45, 7) is 3.22. The Bertz CT molecular complexity index is 514. The third-order valence-corrected chi connectivity index (χ3v) is 5.17. The summed E-state index contributed by atoms with van der Waals surface area (Å²) in [5.74, 6) is 0. The minimum absolute atomic E-state index is 0.252. The van der Waals surface area contributed by atoms with Crippen LogP contribution in [-0.4, -0.2) is 54.4 Å². The molecule has 1 unspecified atom stereocenters. The second-order valence-electron chi connectivity index (χ2n) is 6.13. The lowest BCUT2D eigenvalue weighted by atomic mass is 9.89. The molecule has 8 heteroatoms. The minimum Gasteiger partial charge on any atom is -0.362 e. The number of aryl methyl sites for hydroxylation is 1. The van der Waals surface area contributed by atoms with E-state index in [-0.39, 0.29) is 12.6 Å². The van der Waals surface area contributed by atoms with Crippen molar-refractivity contribution in [1.29, 1.82) is 0 Å². The summed E-state index contributed by atoms with van der Waals surface area (Å²) in [7, 11) is 0. The first kappa shape index (κ1) is 16.2. The summed E-state index contributed by atoms with van der Waals surface area (Å²) < 4.78 is 44.7. The Morgan fingerprint density at radius 3 is 2.77 bits per heavy atom. The van der Waals surface area contributed by atoms with Crippen LogP contribution in [0.15, 0.2) is 6.20 Å². The topological polar surface area (TPSA) is 37.4 Å². The number of piperidine rings is 1. The number of thiazole rings is 1. The lowest BCUT2D eigenvalue weighted by molar-refractivity contribution is -0.202. The molecule has 4 nitrogen and oxygen atoms in total. The molecular formula is C14H20F3N3OS. The quantitative estimate of drug-likeness (QED) is 0.901. The predicted molar refractivity (Wildman–Crippen MR) is 78.0 cm³/mol. The predicted octanol–water partition coefficient (Wildman–Crippen LogP) is 2.51. The van der Waals surface area contributed by atoms with Crippen LogP contribution in [0.1, 0.15) is 28.8 Å². The zero-order valence-electron chi connectivity index (χ0n) is 12.4. The van der Waals surface area contributed by atoms with Crippen molar-refractivity contribution >= 4 is 11.3 Å². The van der Waals surface area contributed by atoms with Gasteiger partial charge in [-0.05, 0) is 32.9 Å². The van der Waals surface area contributed by atoms with Gasteiger partial charge in [0.05, 0.1) is 12.1 Å². The van der Waals surface area contributed by atoms with Gasteiger partial charge in [0.1, 0.15) is 11.1 Å². The van der Waals surface area contributed by atoms with Crippen molar-refractivity contribution in [2.24, 2.45) is 0 Å². The molecule has 0 saturated carbocycles. The van der Waals surface area contributed by atoms with Crippen LogP contribution in [0.25, 0.3) is 0 Å². The van der Waals surface area contributed by atoms with Gasteiger partial charge in [-0.1, -0.05) is 0 Å². The molecule has 2 fully saturated rings. The van der Waals surface area contributed by atoms with Gasteiger partial charge in [-0.25, -0.2) is 4.98 Å². The fourth-order valence-electron chi connectivity index (χ4n) is 3.26. The van der Waals surface area contributed by atoms with Gasteiger partial charge in [-0.15, -0.1) is 11.3 Å². The second-order valence-corrected chi connectivity index (χ2v) is 7.40. The smallest absolute Gasteiger partial charge is 0.362 e. The minimum atomic E-state index is -4.19. The van der Waals surface area contributed by atoms with Crippen molar-refractivity contribution in [3.05, 3.63) is 16.1 Å². The lowest BCUT2D eigenvalue weighted by Gasteiger charge is -2.48. The van der Waals surface area contributed by atoms with Gasteiger partial charge in [-0.3, -0.25) is 4.90 Å². The lowest BCUT2D eigenvalue weighted by Crippen LogP contribution is -2.58. The molecule has 0 aromatic carbocycles. The molecule has 3 heterocycles. The average molecular weight is 335 g/mol. The Morgan fingerprint density at radius 1 is 1.45 bits per heavy atom. The maximum absolute atomic E-state index is 12.8. The molecule has 0 bridgehead atoms. The number of hydrogen-bond acceptors (Lipinski definition) is 5. The van der Waals surface area contributed by atoms with Crippen molar-refractivity contribution in [3.63, 3.8) is 0 Å². The van der Waals surface area contributed by atoms with Crippen molar-refractivity contribution < 1.29 is 17.9 Å². The maximum atomic E-state index is 12.8. The van der Waals surface area contributed by atoms with Gasteiger partial charge in [0.15, 0.2) is 0 Å². The zero-order valence-corrected chi connectivity index (χ0v) is 13.3. The van der Waals surface area contributed by atoms with Crippen LogP contribution in [0.4, 0.5) is 13.2 Å². The van der Waals surface area contributed by atoms with E-state index in [0.717, 1.165) is 35.8 Å². The Labute approximate surface area is 131 Å². The van der Waals surface area contributed by atoms with E-state index >= 15 is 0 Å². The molecule has 2 aliphatic heterocycles. The largest absolute Gasteiger partial charge is 0.401 e. The summed E-state index contributed by atoms with van der Waals surface area (Å²) in [5, 5.41) is 4.02. The summed E-state index contributed by atoms with van der Waals surface area (Å²) >= 11 is 1.50. The van der Waals surface area contributed by atoms with E-state index in [9.17, 15) is 13.2 Å². The van der Waals surface area contributed by atoms with E-state index in [1.54, 1.807) is 6.20 Å². The average Bonchev–Trinajstić information content (AvgIpc) is 2.84. The third-order valence-electron chi connectivity index (χ3n) is 4.16. The molecule has 1 N–H and O–H groups in total. The molecule has 1 spiro atoms. The Hall–Kier alpha value is -0.700. The second kappa shape index (κ2) is 6.07. The number of nitrogens with one attached hydrogen (secondary N) is 1. The molecule has 1 atom stereocenters. The normalized spacial score (nSPS) is 26.5. The monoisotopic (exact) mass is 335 g/mol. The van der Waals surface area contributed by atoms with E-state index in [1.807, 2.05) is 6.92 Å². The third kappa shape index (κ3) is 3.79.